The predicted octanol–water partition coefficient (Wildman–Crippen LogP) is 4.70. The first-order valence-electron chi connectivity index (χ1n) is 9.95. The highest BCUT2D eigenvalue weighted by Gasteiger charge is 2.37. The van der Waals surface area contributed by atoms with E-state index in [0.29, 0.717) is 33.8 Å². The number of carbonyl (C=O) groups excluding carboxylic acids is 3. The van der Waals surface area contributed by atoms with E-state index in [4.69, 9.17) is 9.47 Å². The zero-order chi connectivity index (χ0) is 23.4. The fourth-order valence-corrected chi connectivity index (χ4v) is 3.93. The lowest BCUT2D eigenvalue weighted by atomic mass is 10.0. The molecule has 1 N–H and O–H groups in total. The summed E-state index contributed by atoms with van der Waals surface area (Å²) >= 11 is 3.45. The molecule has 0 spiro atoms. The molecule has 1 aliphatic heterocycles. The summed E-state index contributed by atoms with van der Waals surface area (Å²) in [5.41, 5.74) is 2.54. The third-order valence-electron chi connectivity index (χ3n) is 4.55. The lowest BCUT2D eigenvalue weighted by Crippen LogP contribution is -2.54. The van der Waals surface area contributed by atoms with Crippen molar-refractivity contribution in [2.75, 3.05) is 18.1 Å². The number of barbiturate groups is 1. The molecule has 0 radical (unpaired) electrons. The van der Waals surface area contributed by atoms with Gasteiger partial charge in [-0.1, -0.05) is 18.7 Å². The molecule has 0 saturated carbocycles. The summed E-state index contributed by atoms with van der Waals surface area (Å²) in [7, 11) is 0. The number of hydrogen-bond acceptors (Lipinski definition) is 5. The maximum atomic E-state index is 13.2. The average Bonchev–Trinajstić information content (AvgIpc) is 2.70. The number of aryl methyl sites for hydroxylation is 2. The van der Waals surface area contributed by atoms with Crippen molar-refractivity contribution in [2.45, 2.75) is 20.8 Å². The number of imide groups is 2. The fourth-order valence-electron chi connectivity index (χ4n) is 3.35. The molecule has 8 heteroatoms. The molecule has 2 aromatic carbocycles. The van der Waals surface area contributed by atoms with E-state index < -0.39 is 17.8 Å². The Bertz CT molecular complexity index is 1120. The van der Waals surface area contributed by atoms with Gasteiger partial charge in [0.2, 0.25) is 0 Å². The number of ether oxygens (including phenoxy) is 2. The summed E-state index contributed by atoms with van der Waals surface area (Å²) in [5, 5.41) is 2.24. The second-order valence-electron chi connectivity index (χ2n) is 7.17. The van der Waals surface area contributed by atoms with Crippen molar-refractivity contribution in [1.82, 2.24) is 5.32 Å². The van der Waals surface area contributed by atoms with Gasteiger partial charge in [-0.25, -0.2) is 9.69 Å². The lowest BCUT2D eigenvalue weighted by Gasteiger charge is -2.27. The first kappa shape index (κ1) is 23.3. The van der Waals surface area contributed by atoms with Gasteiger partial charge in [0.25, 0.3) is 11.8 Å². The van der Waals surface area contributed by atoms with Gasteiger partial charge in [0.05, 0.1) is 16.8 Å². The zero-order valence-corrected chi connectivity index (χ0v) is 19.6. The Morgan fingerprint density at radius 3 is 2.38 bits per heavy atom. The molecule has 7 nitrogen and oxygen atoms in total. The van der Waals surface area contributed by atoms with E-state index in [0.717, 1.165) is 16.0 Å². The summed E-state index contributed by atoms with van der Waals surface area (Å²) in [4.78, 5) is 39.1. The minimum atomic E-state index is -0.786. The van der Waals surface area contributed by atoms with Crippen LogP contribution in [0.1, 0.15) is 23.6 Å². The largest absolute Gasteiger partial charge is 0.490 e. The Labute approximate surface area is 194 Å². The highest BCUT2D eigenvalue weighted by molar-refractivity contribution is 9.10. The molecule has 166 valence electrons. The van der Waals surface area contributed by atoms with Crippen molar-refractivity contribution in [1.29, 1.82) is 0 Å². The Hall–Kier alpha value is -3.39. The summed E-state index contributed by atoms with van der Waals surface area (Å²) < 4.78 is 11.9. The number of nitrogens with zero attached hydrogens (tertiary/aromatic N) is 1. The molecule has 0 unspecified atom stereocenters. The molecule has 2 aromatic rings. The summed E-state index contributed by atoms with van der Waals surface area (Å²) in [6, 6.07) is 7.94. The van der Waals surface area contributed by atoms with Crippen molar-refractivity contribution in [3.8, 4) is 11.5 Å². The van der Waals surface area contributed by atoms with Crippen LogP contribution in [0.2, 0.25) is 0 Å². The number of halogens is 1. The van der Waals surface area contributed by atoms with Crippen LogP contribution in [0.15, 0.2) is 53.0 Å². The maximum absolute atomic E-state index is 13.2. The third-order valence-corrected chi connectivity index (χ3v) is 5.14. The highest BCUT2D eigenvalue weighted by atomic mass is 79.9. The first-order chi connectivity index (χ1) is 15.2. The normalized spacial score (nSPS) is 15.1. The number of urea groups is 1. The smallest absolute Gasteiger partial charge is 0.335 e. The van der Waals surface area contributed by atoms with Crippen LogP contribution in [0.5, 0.6) is 11.5 Å². The molecule has 0 aromatic heterocycles. The molecule has 1 aliphatic rings. The number of amides is 4. The van der Waals surface area contributed by atoms with Crippen molar-refractivity contribution in [3.05, 3.63) is 69.7 Å². The molecule has 32 heavy (non-hydrogen) atoms. The van der Waals surface area contributed by atoms with Crippen LogP contribution in [0.3, 0.4) is 0 Å². The SMILES string of the molecule is C=CCOc1c(Br)cc(/C=C2\C(=O)NC(=O)N(c3cc(C)cc(C)c3)C2=O)cc1OCC. The Morgan fingerprint density at radius 2 is 1.75 bits per heavy atom. The van der Waals surface area contributed by atoms with Crippen molar-refractivity contribution in [2.24, 2.45) is 0 Å². The third kappa shape index (κ3) is 4.91. The molecule has 1 fully saturated rings. The van der Waals surface area contributed by atoms with Gasteiger partial charge in [-0.15, -0.1) is 0 Å². The molecule has 0 bridgehead atoms. The topological polar surface area (TPSA) is 84.9 Å². The van der Waals surface area contributed by atoms with Crippen LogP contribution >= 0.6 is 15.9 Å². The average molecular weight is 499 g/mol. The minimum Gasteiger partial charge on any atom is -0.490 e. The van der Waals surface area contributed by atoms with Crippen molar-refractivity contribution < 1.29 is 23.9 Å². The number of rotatable bonds is 7. The van der Waals surface area contributed by atoms with Gasteiger partial charge in [-0.2, -0.15) is 0 Å². The molecule has 4 amide bonds. The minimum absolute atomic E-state index is 0.169. The van der Waals surface area contributed by atoms with E-state index >= 15 is 0 Å². The second-order valence-corrected chi connectivity index (χ2v) is 8.02. The predicted molar refractivity (Wildman–Crippen MR) is 126 cm³/mol. The van der Waals surface area contributed by atoms with Gasteiger partial charge in [0, 0.05) is 0 Å². The molecule has 1 heterocycles. The highest BCUT2D eigenvalue weighted by Crippen LogP contribution is 2.38. The number of nitrogens with one attached hydrogen (secondary N) is 1. The number of carbonyl (C=O) groups is 3. The Morgan fingerprint density at radius 1 is 1.06 bits per heavy atom. The van der Waals surface area contributed by atoms with E-state index in [2.05, 4.69) is 27.8 Å². The number of benzene rings is 2. The molecule has 0 aliphatic carbocycles. The Kier molecular flexibility index (Phi) is 7.15. The van der Waals surface area contributed by atoms with Gasteiger partial charge in [-0.05, 0) is 83.7 Å². The molecule has 1 saturated heterocycles. The number of anilines is 1. The second kappa shape index (κ2) is 9.82. The van der Waals surface area contributed by atoms with E-state index in [1.807, 2.05) is 26.8 Å². The standard InChI is InChI=1S/C24H23BrN2O5/c1-5-7-32-21-19(25)12-16(13-20(21)31-6-2)11-18-22(28)26-24(30)27(23(18)29)17-9-14(3)8-15(4)10-17/h5,8-13H,1,6-7H2,2-4H3,(H,26,28,30)/b18-11+. The van der Waals surface area contributed by atoms with E-state index in [-0.39, 0.29) is 12.2 Å². The van der Waals surface area contributed by atoms with Gasteiger partial charge in [0.15, 0.2) is 11.5 Å². The quantitative estimate of drug-likeness (QED) is 0.339. The molecule has 0 atom stereocenters. The number of hydrogen-bond donors (Lipinski definition) is 1. The zero-order valence-electron chi connectivity index (χ0n) is 18.0. The first-order valence-corrected chi connectivity index (χ1v) is 10.7. The molecular weight excluding hydrogens is 476 g/mol. The molecular formula is C24H23BrN2O5. The van der Waals surface area contributed by atoms with Crippen LogP contribution < -0.4 is 19.7 Å². The fraction of sp³-hybridized carbons (Fsp3) is 0.208. The summed E-state index contributed by atoms with van der Waals surface area (Å²) in [6.07, 6.45) is 3.03. The van der Waals surface area contributed by atoms with E-state index in [1.165, 1.54) is 6.08 Å². The van der Waals surface area contributed by atoms with Crippen LogP contribution in [0.4, 0.5) is 10.5 Å². The van der Waals surface area contributed by atoms with Gasteiger partial charge >= 0.3 is 6.03 Å². The van der Waals surface area contributed by atoms with Gasteiger partial charge < -0.3 is 9.47 Å². The summed E-state index contributed by atoms with van der Waals surface area (Å²) in [5.74, 6) is -0.534. The van der Waals surface area contributed by atoms with Crippen LogP contribution in [-0.4, -0.2) is 31.1 Å². The maximum Gasteiger partial charge on any atom is 0.335 e. The Balaban J connectivity index is 2.04. The lowest BCUT2D eigenvalue weighted by molar-refractivity contribution is -0.122. The van der Waals surface area contributed by atoms with Gasteiger partial charge in [-0.3, -0.25) is 14.9 Å². The van der Waals surface area contributed by atoms with Crippen LogP contribution in [-0.2, 0) is 9.59 Å². The van der Waals surface area contributed by atoms with E-state index in [9.17, 15) is 14.4 Å². The monoisotopic (exact) mass is 498 g/mol. The summed E-state index contributed by atoms with van der Waals surface area (Å²) in [6.45, 7) is 9.89. The molecule has 3 rings (SSSR count). The van der Waals surface area contributed by atoms with E-state index in [1.54, 1.807) is 30.3 Å². The van der Waals surface area contributed by atoms with Gasteiger partial charge in [0.1, 0.15) is 12.2 Å². The van der Waals surface area contributed by atoms with Crippen LogP contribution in [0, 0.1) is 13.8 Å². The van der Waals surface area contributed by atoms with Crippen molar-refractivity contribution >= 4 is 45.5 Å². The van der Waals surface area contributed by atoms with Crippen LogP contribution in [0.25, 0.3) is 6.08 Å². The van der Waals surface area contributed by atoms with Crippen molar-refractivity contribution in [3.63, 3.8) is 0 Å².